The van der Waals surface area contributed by atoms with E-state index in [0.717, 1.165) is 25.6 Å². The van der Waals surface area contributed by atoms with Gasteiger partial charge in [0.05, 0.1) is 13.2 Å². The van der Waals surface area contributed by atoms with Crippen LogP contribution < -0.4 is 0 Å². The number of rotatable bonds is 10. The molecule has 15 heavy (non-hydrogen) atoms. The molecule has 0 aliphatic rings. The van der Waals surface area contributed by atoms with Crippen molar-refractivity contribution < 1.29 is 9.47 Å². The van der Waals surface area contributed by atoms with Gasteiger partial charge in [-0.1, -0.05) is 36.2 Å². The van der Waals surface area contributed by atoms with Gasteiger partial charge in [-0.15, -0.1) is 0 Å². The Morgan fingerprint density at radius 1 is 1.07 bits per heavy atom. The Balaban J connectivity index is 3.09. The maximum atomic E-state index is 5.40. The zero-order valence-corrected chi connectivity index (χ0v) is 11.9. The van der Waals surface area contributed by atoms with Crippen molar-refractivity contribution in [3.8, 4) is 0 Å². The highest BCUT2D eigenvalue weighted by Crippen LogP contribution is 2.18. The smallest absolute Gasteiger partial charge is 0.0700 e. The second-order valence-corrected chi connectivity index (χ2v) is 5.62. The maximum Gasteiger partial charge on any atom is 0.0700 e. The van der Waals surface area contributed by atoms with Crippen LogP contribution >= 0.6 is 15.9 Å². The van der Waals surface area contributed by atoms with E-state index in [2.05, 4.69) is 29.8 Å². The molecule has 0 aliphatic carbocycles. The van der Waals surface area contributed by atoms with Crippen LogP contribution in [-0.4, -0.2) is 31.8 Å². The Kier molecular flexibility index (Phi) is 11.2. The van der Waals surface area contributed by atoms with Crippen LogP contribution in [0.4, 0.5) is 0 Å². The predicted molar refractivity (Wildman–Crippen MR) is 68.7 cm³/mol. The predicted octanol–water partition coefficient (Wildman–Crippen LogP) is 3.63. The molecule has 0 radical (unpaired) electrons. The summed E-state index contributed by atoms with van der Waals surface area (Å²) in [6, 6.07) is 0. The zero-order chi connectivity index (χ0) is 11.5. The van der Waals surface area contributed by atoms with Gasteiger partial charge in [-0.05, 0) is 25.2 Å². The zero-order valence-electron chi connectivity index (χ0n) is 10.3. The van der Waals surface area contributed by atoms with Crippen molar-refractivity contribution in [2.45, 2.75) is 44.4 Å². The minimum Gasteiger partial charge on any atom is -0.382 e. The average Bonchev–Trinajstić information content (AvgIpc) is 2.15. The molecule has 0 N–H and O–H groups in total. The van der Waals surface area contributed by atoms with Gasteiger partial charge in [0.1, 0.15) is 0 Å². The molecule has 0 aromatic rings. The van der Waals surface area contributed by atoms with E-state index in [1.807, 2.05) is 0 Å². The van der Waals surface area contributed by atoms with E-state index >= 15 is 0 Å². The van der Waals surface area contributed by atoms with Crippen LogP contribution in [0, 0.1) is 5.92 Å². The van der Waals surface area contributed by atoms with Gasteiger partial charge in [-0.25, -0.2) is 0 Å². The lowest BCUT2D eigenvalue weighted by Crippen LogP contribution is -2.05. The van der Waals surface area contributed by atoms with Crippen LogP contribution in [-0.2, 0) is 9.47 Å². The van der Waals surface area contributed by atoms with E-state index in [1.165, 1.54) is 19.3 Å². The molecule has 0 aliphatic heterocycles. The molecule has 1 unspecified atom stereocenters. The van der Waals surface area contributed by atoms with E-state index in [1.54, 1.807) is 7.11 Å². The highest BCUT2D eigenvalue weighted by atomic mass is 79.9. The topological polar surface area (TPSA) is 18.5 Å². The van der Waals surface area contributed by atoms with E-state index in [9.17, 15) is 0 Å². The summed E-state index contributed by atoms with van der Waals surface area (Å²) < 4.78 is 10.3. The molecule has 0 spiro atoms. The highest BCUT2D eigenvalue weighted by molar-refractivity contribution is 9.09. The summed E-state index contributed by atoms with van der Waals surface area (Å²) in [6.07, 6.45) is 4.93. The summed E-state index contributed by atoms with van der Waals surface area (Å²) in [5.41, 5.74) is 0. The Morgan fingerprint density at radius 2 is 1.80 bits per heavy atom. The molecule has 0 rings (SSSR count). The van der Waals surface area contributed by atoms with E-state index in [-0.39, 0.29) is 0 Å². The molecule has 0 aromatic carbocycles. The second kappa shape index (κ2) is 10.9. The van der Waals surface area contributed by atoms with Gasteiger partial charge in [0, 0.05) is 18.5 Å². The molecule has 0 fully saturated rings. The normalized spacial score (nSPS) is 13.4. The SMILES string of the molecule is COCCOCCCCC(Br)CC(C)C. The van der Waals surface area contributed by atoms with Gasteiger partial charge in [0.15, 0.2) is 0 Å². The van der Waals surface area contributed by atoms with Crippen molar-refractivity contribution in [2.75, 3.05) is 26.9 Å². The van der Waals surface area contributed by atoms with Crippen LogP contribution in [0.5, 0.6) is 0 Å². The third-order valence-electron chi connectivity index (χ3n) is 2.21. The van der Waals surface area contributed by atoms with Gasteiger partial charge >= 0.3 is 0 Å². The number of unbranched alkanes of at least 4 members (excludes halogenated alkanes) is 1. The molecular weight excluding hydrogens is 256 g/mol. The summed E-state index contributed by atoms with van der Waals surface area (Å²) in [4.78, 5) is 0.677. The Morgan fingerprint density at radius 3 is 2.40 bits per heavy atom. The lowest BCUT2D eigenvalue weighted by molar-refractivity contribution is 0.0686. The number of hydrogen-bond acceptors (Lipinski definition) is 2. The molecule has 1 atom stereocenters. The molecular formula is C12H25BrO2. The monoisotopic (exact) mass is 280 g/mol. The fourth-order valence-corrected chi connectivity index (χ4v) is 2.52. The van der Waals surface area contributed by atoms with Gasteiger partial charge < -0.3 is 9.47 Å². The van der Waals surface area contributed by atoms with Gasteiger partial charge in [-0.2, -0.15) is 0 Å². The van der Waals surface area contributed by atoms with Crippen molar-refractivity contribution in [1.29, 1.82) is 0 Å². The summed E-state index contributed by atoms with van der Waals surface area (Å²) in [6.45, 7) is 6.82. The number of halogens is 1. The standard InChI is InChI=1S/C12H25BrO2/c1-11(2)10-12(13)6-4-5-7-15-9-8-14-3/h11-12H,4-10H2,1-3H3. The molecule has 0 heterocycles. The lowest BCUT2D eigenvalue weighted by Gasteiger charge is -2.11. The second-order valence-electron chi connectivity index (χ2n) is 4.33. The summed E-state index contributed by atoms with van der Waals surface area (Å²) in [5.74, 6) is 0.785. The fraction of sp³-hybridized carbons (Fsp3) is 1.00. The van der Waals surface area contributed by atoms with Gasteiger partial charge in [-0.3, -0.25) is 0 Å². The third-order valence-corrected chi connectivity index (χ3v) is 3.05. The molecule has 3 heteroatoms. The quantitative estimate of drug-likeness (QED) is 0.449. The molecule has 92 valence electrons. The minimum atomic E-state index is 0.677. The Hall–Kier alpha value is 0.400. The van der Waals surface area contributed by atoms with Crippen molar-refractivity contribution in [3.63, 3.8) is 0 Å². The van der Waals surface area contributed by atoms with E-state index < -0.39 is 0 Å². The Bertz CT molecular complexity index is 129. The largest absolute Gasteiger partial charge is 0.382 e. The summed E-state index contributed by atoms with van der Waals surface area (Å²) in [5, 5.41) is 0. The lowest BCUT2D eigenvalue weighted by atomic mass is 10.0. The van der Waals surface area contributed by atoms with Crippen molar-refractivity contribution >= 4 is 15.9 Å². The summed E-state index contributed by atoms with van der Waals surface area (Å²) >= 11 is 3.71. The minimum absolute atomic E-state index is 0.677. The molecule has 2 nitrogen and oxygen atoms in total. The first-order valence-corrected chi connectivity index (χ1v) is 6.79. The van der Waals surface area contributed by atoms with Crippen LogP contribution in [0.1, 0.15) is 39.5 Å². The van der Waals surface area contributed by atoms with Crippen molar-refractivity contribution in [1.82, 2.24) is 0 Å². The van der Waals surface area contributed by atoms with Gasteiger partial charge in [0.2, 0.25) is 0 Å². The average molecular weight is 281 g/mol. The molecule has 0 aromatic heterocycles. The molecule has 0 saturated heterocycles. The van der Waals surface area contributed by atoms with Crippen molar-refractivity contribution in [3.05, 3.63) is 0 Å². The number of alkyl halides is 1. The third kappa shape index (κ3) is 12.3. The fourth-order valence-electron chi connectivity index (χ4n) is 1.44. The van der Waals surface area contributed by atoms with Crippen LogP contribution in [0.3, 0.4) is 0 Å². The van der Waals surface area contributed by atoms with Gasteiger partial charge in [0.25, 0.3) is 0 Å². The van der Waals surface area contributed by atoms with Crippen LogP contribution in [0.2, 0.25) is 0 Å². The molecule has 0 amide bonds. The molecule has 0 bridgehead atoms. The van der Waals surface area contributed by atoms with E-state index in [0.29, 0.717) is 11.4 Å². The first-order chi connectivity index (χ1) is 7.16. The Labute approximate surface area is 103 Å². The number of ether oxygens (including phenoxy) is 2. The first-order valence-electron chi connectivity index (χ1n) is 5.87. The molecule has 0 saturated carbocycles. The van der Waals surface area contributed by atoms with E-state index in [4.69, 9.17) is 9.47 Å². The highest BCUT2D eigenvalue weighted by Gasteiger charge is 2.05. The maximum absolute atomic E-state index is 5.40. The first kappa shape index (κ1) is 15.4. The number of methoxy groups -OCH3 is 1. The number of hydrogen-bond donors (Lipinski definition) is 0. The van der Waals surface area contributed by atoms with Crippen molar-refractivity contribution in [2.24, 2.45) is 5.92 Å². The summed E-state index contributed by atoms with van der Waals surface area (Å²) in [7, 11) is 1.70. The van der Waals surface area contributed by atoms with Crippen LogP contribution in [0.15, 0.2) is 0 Å². The van der Waals surface area contributed by atoms with Crippen LogP contribution in [0.25, 0.3) is 0 Å².